The van der Waals surface area contributed by atoms with Crippen molar-refractivity contribution in [2.75, 3.05) is 25.1 Å². The minimum Gasteiger partial charge on any atom is -0.495 e. The van der Waals surface area contributed by atoms with Gasteiger partial charge in [0.15, 0.2) is 0 Å². The number of amides is 2. The lowest BCUT2D eigenvalue weighted by Crippen LogP contribution is -2.40. The number of hydrogen-bond donors (Lipinski definition) is 1. The summed E-state index contributed by atoms with van der Waals surface area (Å²) >= 11 is 0. The van der Waals surface area contributed by atoms with Crippen molar-refractivity contribution in [2.24, 2.45) is 0 Å². The SMILES string of the molecule is COc1ccccc1N(CC(=O)NCCc1ccccc1F)C(C)=O. The molecule has 2 aromatic rings. The number of halogens is 1. The van der Waals surface area contributed by atoms with E-state index in [0.29, 0.717) is 23.4 Å². The zero-order valence-corrected chi connectivity index (χ0v) is 14.3. The minimum atomic E-state index is -0.322. The summed E-state index contributed by atoms with van der Waals surface area (Å²) in [6.45, 7) is 1.55. The van der Waals surface area contributed by atoms with Gasteiger partial charge in [-0.25, -0.2) is 4.39 Å². The highest BCUT2D eigenvalue weighted by Gasteiger charge is 2.18. The Bertz CT molecular complexity index is 749. The monoisotopic (exact) mass is 344 g/mol. The Kier molecular flexibility index (Phi) is 6.51. The molecule has 6 heteroatoms. The van der Waals surface area contributed by atoms with Crippen molar-refractivity contribution in [3.05, 3.63) is 59.9 Å². The van der Waals surface area contributed by atoms with Crippen molar-refractivity contribution in [1.29, 1.82) is 0 Å². The summed E-state index contributed by atoms with van der Waals surface area (Å²) in [7, 11) is 1.51. The van der Waals surface area contributed by atoms with Crippen molar-refractivity contribution < 1.29 is 18.7 Å². The van der Waals surface area contributed by atoms with Gasteiger partial charge in [-0.2, -0.15) is 0 Å². The summed E-state index contributed by atoms with van der Waals surface area (Å²) in [6.07, 6.45) is 0.382. The van der Waals surface area contributed by atoms with Crippen LogP contribution in [0.15, 0.2) is 48.5 Å². The molecule has 0 fully saturated rings. The van der Waals surface area contributed by atoms with Gasteiger partial charge >= 0.3 is 0 Å². The molecule has 0 unspecified atom stereocenters. The molecule has 2 aromatic carbocycles. The van der Waals surface area contributed by atoms with Gasteiger partial charge in [-0.05, 0) is 30.2 Å². The average molecular weight is 344 g/mol. The Balaban J connectivity index is 1.97. The number of ether oxygens (including phenoxy) is 1. The van der Waals surface area contributed by atoms with E-state index in [4.69, 9.17) is 4.74 Å². The Hall–Kier alpha value is -2.89. The van der Waals surface area contributed by atoms with E-state index < -0.39 is 0 Å². The fraction of sp³-hybridized carbons (Fsp3) is 0.263. The Morgan fingerprint density at radius 1 is 1.12 bits per heavy atom. The number of nitrogens with zero attached hydrogens (tertiary/aromatic N) is 1. The van der Waals surface area contributed by atoms with Gasteiger partial charge in [-0.15, -0.1) is 0 Å². The molecule has 25 heavy (non-hydrogen) atoms. The highest BCUT2D eigenvalue weighted by atomic mass is 19.1. The summed E-state index contributed by atoms with van der Waals surface area (Å²) in [6, 6.07) is 13.4. The zero-order chi connectivity index (χ0) is 18.2. The second-order valence-corrected chi connectivity index (χ2v) is 5.47. The Morgan fingerprint density at radius 3 is 2.48 bits per heavy atom. The number of methoxy groups -OCH3 is 1. The van der Waals surface area contributed by atoms with E-state index in [0.717, 1.165) is 0 Å². The van der Waals surface area contributed by atoms with Crippen LogP contribution in [0.3, 0.4) is 0 Å². The molecule has 2 amide bonds. The molecule has 0 aliphatic carbocycles. The molecule has 1 N–H and O–H groups in total. The fourth-order valence-corrected chi connectivity index (χ4v) is 2.46. The first-order valence-electron chi connectivity index (χ1n) is 7.94. The number of hydrogen-bond acceptors (Lipinski definition) is 3. The van der Waals surface area contributed by atoms with E-state index >= 15 is 0 Å². The molecule has 0 heterocycles. The summed E-state index contributed by atoms with van der Waals surface area (Å²) in [5.41, 5.74) is 1.07. The largest absolute Gasteiger partial charge is 0.495 e. The van der Waals surface area contributed by atoms with Crippen LogP contribution in [-0.4, -0.2) is 32.0 Å². The standard InChI is InChI=1S/C19H21FN2O3/c1-14(23)22(17-9-5-6-10-18(17)25-2)13-19(24)21-12-11-15-7-3-4-8-16(15)20/h3-10H,11-13H2,1-2H3,(H,21,24). The van der Waals surface area contributed by atoms with E-state index in [2.05, 4.69) is 5.32 Å². The summed E-state index contributed by atoms with van der Waals surface area (Å²) < 4.78 is 18.8. The topological polar surface area (TPSA) is 58.6 Å². The molecule has 0 saturated carbocycles. The van der Waals surface area contributed by atoms with Crippen LogP contribution in [0.4, 0.5) is 10.1 Å². The van der Waals surface area contributed by atoms with Crippen molar-refractivity contribution in [1.82, 2.24) is 5.32 Å². The molecule has 0 atom stereocenters. The van der Waals surface area contributed by atoms with Crippen molar-refractivity contribution >= 4 is 17.5 Å². The third kappa shape index (κ3) is 5.04. The van der Waals surface area contributed by atoms with Gasteiger partial charge in [0.1, 0.15) is 18.1 Å². The second kappa shape index (κ2) is 8.82. The molecule has 0 aliphatic heterocycles. The molecular weight excluding hydrogens is 323 g/mol. The normalized spacial score (nSPS) is 10.2. The molecule has 132 valence electrons. The maximum atomic E-state index is 13.6. The number of para-hydroxylation sites is 2. The van der Waals surface area contributed by atoms with Crippen LogP contribution in [0.5, 0.6) is 5.75 Å². The van der Waals surface area contributed by atoms with Crippen molar-refractivity contribution in [3.8, 4) is 5.75 Å². The fourth-order valence-electron chi connectivity index (χ4n) is 2.46. The average Bonchev–Trinajstić information content (AvgIpc) is 2.61. The minimum absolute atomic E-state index is 0.132. The third-order valence-electron chi connectivity index (χ3n) is 3.73. The predicted octanol–water partition coefficient (Wildman–Crippen LogP) is 2.55. The first-order chi connectivity index (χ1) is 12.0. The Morgan fingerprint density at radius 2 is 1.80 bits per heavy atom. The highest BCUT2D eigenvalue weighted by molar-refractivity contribution is 5.98. The molecule has 0 aliphatic rings. The molecule has 2 rings (SSSR count). The lowest BCUT2D eigenvalue weighted by Gasteiger charge is -2.22. The lowest BCUT2D eigenvalue weighted by molar-refractivity contribution is -0.123. The van der Waals surface area contributed by atoms with Crippen LogP contribution >= 0.6 is 0 Å². The van der Waals surface area contributed by atoms with Crippen LogP contribution < -0.4 is 15.0 Å². The van der Waals surface area contributed by atoms with Gasteiger partial charge in [-0.3, -0.25) is 14.5 Å². The molecule has 0 radical (unpaired) electrons. The zero-order valence-electron chi connectivity index (χ0n) is 14.3. The van der Waals surface area contributed by atoms with E-state index in [-0.39, 0.29) is 30.7 Å². The first-order valence-corrected chi connectivity index (χ1v) is 7.94. The third-order valence-corrected chi connectivity index (χ3v) is 3.73. The molecular formula is C19H21FN2O3. The van der Waals surface area contributed by atoms with Crippen LogP contribution in [0.1, 0.15) is 12.5 Å². The maximum Gasteiger partial charge on any atom is 0.240 e. The highest BCUT2D eigenvalue weighted by Crippen LogP contribution is 2.27. The number of carbonyl (C=O) groups is 2. The van der Waals surface area contributed by atoms with Gasteiger partial charge in [-0.1, -0.05) is 30.3 Å². The number of benzene rings is 2. The maximum absolute atomic E-state index is 13.6. The Labute approximate surface area is 146 Å². The van der Waals surface area contributed by atoms with Gasteiger partial charge in [0, 0.05) is 13.5 Å². The van der Waals surface area contributed by atoms with Crippen LogP contribution in [-0.2, 0) is 16.0 Å². The number of nitrogens with one attached hydrogen (secondary N) is 1. The van der Waals surface area contributed by atoms with E-state index in [1.807, 2.05) is 0 Å². The number of rotatable bonds is 7. The van der Waals surface area contributed by atoms with Crippen LogP contribution in [0, 0.1) is 5.82 Å². The van der Waals surface area contributed by atoms with Gasteiger partial charge in [0.05, 0.1) is 12.8 Å². The molecule has 0 aromatic heterocycles. The van der Waals surface area contributed by atoms with Crippen LogP contribution in [0.2, 0.25) is 0 Å². The van der Waals surface area contributed by atoms with Gasteiger partial charge < -0.3 is 10.1 Å². The summed E-state index contributed by atoms with van der Waals surface area (Å²) in [5, 5.41) is 2.71. The molecule has 0 bridgehead atoms. The number of anilines is 1. The van der Waals surface area contributed by atoms with E-state index in [1.165, 1.54) is 25.0 Å². The smallest absolute Gasteiger partial charge is 0.240 e. The van der Waals surface area contributed by atoms with E-state index in [9.17, 15) is 14.0 Å². The number of carbonyl (C=O) groups excluding carboxylic acids is 2. The van der Waals surface area contributed by atoms with Crippen molar-refractivity contribution in [3.63, 3.8) is 0 Å². The quantitative estimate of drug-likeness (QED) is 0.840. The molecule has 0 spiro atoms. The van der Waals surface area contributed by atoms with E-state index in [1.54, 1.807) is 42.5 Å². The summed E-state index contributed by atoms with van der Waals surface area (Å²) in [5.74, 6) is -0.376. The molecule has 0 saturated heterocycles. The predicted molar refractivity (Wildman–Crippen MR) is 94.1 cm³/mol. The van der Waals surface area contributed by atoms with Gasteiger partial charge in [0.2, 0.25) is 11.8 Å². The molecule has 5 nitrogen and oxygen atoms in total. The first kappa shape index (κ1) is 18.4. The second-order valence-electron chi connectivity index (χ2n) is 5.47. The van der Waals surface area contributed by atoms with Crippen molar-refractivity contribution in [2.45, 2.75) is 13.3 Å². The van der Waals surface area contributed by atoms with Gasteiger partial charge in [0.25, 0.3) is 0 Å². The summed E-state index contributed by atoms with van der Waals surface area (Å²) in [4.78, 5) is 25.4. The van der Waals surface area contributed by atoms with Crippen LogP contribution in [0.25, 0.3) is 0 Å². The lowest BCUT2D eigenvalue weighted by atomic mass is 10.1.